The van der Waals surface area contributed by atoms with Crippen LogP contribution in [0.4, 0.5) is 0 Å². The average molecular weight is 1950 g/mol. The van der Waals surface area contributed by atoms with Gasteiger partial charge >= 0.3 is 0 Å². The number of rotatable bonds is 55. The molecule has 8 aliphatic rings. The summed E-state index contributed by atoms with van der Waals surface area (Å²) in [6, 6.07) is 9.43. The largest absolute Gasteiger partial charge is 0.376 e. The molecule has 8 fully saturated rings. The van der Waals surface area contributed by atoms with E-state index in [0.717, 1.165) is 41.4 Å². The first-order valence-corrected chi connectivity index (χ1v) is 55.8. The Labute approximate surface area is 833 Å². The molecular formula is C111H214O25. The Kier molecular flexibility index (Phi) is 77.0. The molecule has 3 aliphatic carbocycles. The molecule has 4 unspecified atom stereocenters. The molecule has 25 nitrogen and oxygen atoms in total. The van der Waals surface area contributed by atoms with Crippen LogP contribution in [0.3, 0.4) is 0 Å². The molecule has 1 aromatic rings. The minimum absolute atomic E-state index is 0.0478. The van der Waals surface area contributed by atoms with Crippen molar-refractivity contribution in [2.75, 3.05) is 159 Å². The topological polar surface area (TPSA) is 231 Å². The predicted molar refractivity (Wildman–Crippen MR) is 547 cm³/mol. The molecule has 0 aromatic heterocycles. The van der Waals surface area contributed by atoms with Gasteiger partial charge in [-0.1, -0.05) is 125 Å². The first-order chi connectivity index (χ1) is 66.2. The highest BCUT2D eigenvalue weighted by Gasteiger charge is 2.51. The summed E-state index contributed by atoms with van der Waals surface area (Å²) >= 11 is 0. The van der Waals surface area contributed by atoms with Gasteiger partial charge in [-0.25, -0.2) is 0 Å². The van der Waals surface area contributed by atoms with Crippen molar-refractivity contribution in [1.82, 2.24) is 0 Å². The van der Waals surface area contributed by atoms with Crippen molar-refractivity contribution >= 4 is 0 Å². The summed E-state index contributed by atoms with van der Waals surface area (Å²) in [5.74, 6) is 2.98. The molecule has 3 saturated carbocycles. The van der Waals surface area contributed by atoms with Gasteiger partial charge in [0.25, 0.3) is 0 Å². The van der Waals surface area contributed by atoms with Gasteiger partial charge in [0.15, 0.2) is 37.7 Å². The Hall–Kier alpha value is -1.78. The van der Waals surface area contributed by atoms with Gasteiger partial charge in [0, 0.05) is 139 Å². The molecule has 0 amide bonds. The van der Waals surface area contributed by atoms with Gasteiger partial charge in [-0.2, -0.15) is 0 Å². The number of hydrogen-bond acceptors (Lipinski definition) is 25. The van der Waals surface area contributed by atoms with Crippen LogP contribution in [0, 0.1) is 28.1 Å². The van der Waals surface area contributed by atoms with Crippen molar-refractivity contribution in [2.24, 2.45) is 28.1 Å². The van der Waals surface area contributed by atoms with Gasteiger partial charge in [-0.15, -0.1) is 0 Å². The third kappa shape index (κ3) is 46.1. The van der Waals surface area contributed by atoms with Gasteiger partial charge < -0.3 is 118 Å². The van der Waals surface area contributed by atoms with E-state index < -0.39 is 12.6 Å². The lowest BCUT2D eigenvalue weighted by molar-refractivity contribution is -0.363. The van der Waals surface area contributed by atoms with Crippen molar-refractivity contribution in [3.63, 3.8) is 0 Å². The second-order valence-electron chi connectivity index (χ2n) is 36.5. The van der Waals surface area contributed by atoms with Crippen molar-refractivity contribution in [3.8, 4) is 0 Å². The van der Waals surface area contributed by atoms with E-state index in [9.17, 15) is 0 Å². The van der Waals surface area contributed by atoms with Crippen molar-refractivity contribution in [3.05, 3.63) is 35.4 Å². The molecule has 20 atom stereocenters. The molecule has 5 heterocycles. The number of aryl methyl sites for hydroxylation is 1. The van der Waals surface area contributed by atoms with Crippen LogP contribution in [0.25, 0.3) is 0 Å². The van der Waals surface area contributed by atoms with Crippen LogP contribution in [0.5, 0.6) is 0 Å². The molecular weight excluding hydrogens is 1730 g/mol. The number of hydrogen-bond donors (Lipinski definition) is 0. The fraction of sp³-hybridized carbons (Fsp3) is 0.946. The molecule has 5 aliphatic heterocycles. The molecule has 1 aromatic carbocycles. The highest BCUT2D eigenvalue weighted by molar-refractivity contribution is 5.26. The second kappa shape index (κ2) is 80.4. The van der Waals surface area contributed by atoms with Gasteiger partial charge in [0.1, 0.15) is 79.4 Å². The van der Waals surface area contributed by atoms with Crippen molar-refractivity contribution in [1.29, 1.82) is 0 Å². The smallest absolute Gasteiger partial charge is 0.189 e. The number of ether oxygens (including phenoxy) is 25. The molecule has 0 N–H and O–H groups in total. The van der Waals surface area contributed by atoms with E-state index in [1.807, 2.05) is 152 Å². The maximum atomic E-state index is 5.90. The van der Waals surface area contributed by atoms with Crippen molar-refractivity contribution in [2.45, 2.75) is 497 Å². The summed E-state index contributed by atoms with van der Waals surface area (Å²) in [6.07, 6.45) is 32.7. The van der Waals surface area contributed by atoms with Crippen LogP contribution in [-0.4, -0.2) is 282 Å². The lowest BCUT2D eigenvalue weighted by Crippen LogP contribution is -2.61. The Balaban J connectivity index is 0.000000537. The SMILES string of the molecule is CC.CCCC1(CCC)CCC(C2CCC(CCC)(CCC)CC2)CC1.CCCC1(CCC)CCC(c2ccc(CC)cc2)CC1.CCOC1C[C@H](OCC)[C@H](OCC)CO1.CCOC1OC[C@@H](OCC)[C@@H](OCC)[C@@H]1OCC.CCOC1OC[C@@H](OCC)[C@H](OCC)[C@H]1OCC.CCOC1[C@@H](OCC)[C@@H](OCC)O[C@H](OCC)[C@H]1OCC.CCO[C@@H]1OC[C@@H](OCC)[C@@H](OCC)[C@@H]1OCC. The van der Waals surface area contributed by atoms with Crippen LogP contribution in [-0.2, 0) is 125 Å². The van der Waals surface area contributed by atoms with Crippen LogP contribution in [0.15, 0.2) is 24.3 Å². The Morgan fingerprint density at radius 2 is 0.471 bits per heavy atom. The lowest BCUT2D eigenvalue weighted by atomic mass is 9.59. The zero-order valence-corrected chi connectivity index (χ0v) is 92.7. The summed E-state index contributed by atoms with van der Waals surface area (Å²) in [7, 11) is 0. The van der Waals surface area contributed by atoms with Crippen LogP contribution < -0.4 is 0 Å². The third-order valence-corrected chi connectivity index (χ3v) is 27.5. The summed E-state index contributed by atoms with van der Waals surface area (Å²) in [5, 5.41) is 0. The molecule has 25 heteroatoms. The van der Waals surface area contributed by atoms with Crippen molar-refractivity contribution < 1.29 is 118 Å². The monoisotopic (exact) mass is 1950 g/mol. The zero-order valence-electron chi connectivity index (χ0n) is 92.7. The van der Waals surface area contributed by atoms with E-state index in [4.69, 9.17) is 118 Å². The maximum Gasteiger partial charge on any atom is 0.189 e. The maximum absolute atomic E-state index is 5.90. The summed E-state index contributed by atoms with van der Waals surface area (Å²) < 4.78 is 142. The van der Waals surface area contributed by atoms with E-state index in [-0.39, 0.29) is 111 Å². The van der Waals surface area contributed by atoms with Gasteiger partial charge in [0.2, 0.25) is 0 Å². The number of benzene rings is 1. The molecule has 0 bridgehead atoms. The van der Waals surface area contributed by atoms with E-state index in [0.29, 0.717) is 164 Å². The fourth-order valence-corrected chi connectivity index (χ4v) is 21.9. The average Bonchev–Trinajstić information content (AvgIpc) is 0.775. The molecule has 9 rings (SSSR count). The highest BCUT2D eigenvalue weighted by atomic mass is 16.8. The van der Waals surface area contributed by atoms with E-state index >= 15 is 0 Å². The van der Waals surface area contributed by atoms with Gasteiger partial charge in [-0.05, 0) is 306 Å². The first-order valence-electron chi connectivity index (χ1n) is 55.8. The normalized spacial score (nSPS) is 28.9. The molecule has 0 radical (unpaired) electrons. The Bertz CT molecular complexity index is 2540. The lowest BCUT2D eigenvalue weighted by Gasteiger charge is -2.47. The van der Waals surface area contributed by atoms with Gasteiger partial charge in [0.05, 0.1) is 32.5 Å². The summed E-state index contributed by atoms with van der Waals surface area (Å²) in [6.45, 7) is 73.8. The third-order valence-electron chi connectivity index (χ3n) is 27.5. The predicted octanol–water partition coefficient (Wildman–Crippen LogP) is 24.4. The first kappa shape index (κ1) is 130. The van der Waals surface area contributed by atoms with E-state index in [2.05, 4.69) is 72.7 Å². The quantitative estimate of drug-likeness (QED) is 0.0590. The highest BCUT2D eigenvalue weighted by Crippen LogP contribution is 2.54. The molecule has 0 spiro atoms. The molecule has 808 valence electrons. The standard InChI is InChI=1S/C24H46.C20H32.C15H30O6.3C13H26O5.C11H22O4.C2H6/c1-5-13-23(14-6-2)17-9-21(10-18-23)22-11-19-24(15-7-3,16-8-4)20-12-22;1-4-13-20(14-5-2)15-11-19(12-16-20)18-9-7-17(6-3)8-10-18;1-6-16-11-12(17-7-2)14(19-9-4)21-15(20-10-5)13(11)18-8-3;3*1-5-14-10-9-18-13(17-8-4)12(16-7-3)11(10)15-6-2;1-4-12-9-7-11(14-6-3)15-8-10(9)13-5-2;1-2/h21-22H,5-20H2,1-4H3;7-10,19H,4-6,11-16H2,1-3H3;11-15H,6-10H2,1-5H3;3*10-13H,5-9H2,1-4H3;9-11H,4-8H2,1-3H3;1-2H3/t;;11?,12-,13+,14-,15-;10-,11+,12-,13?;10-,11-,12+,13?;10-,11-,12+,13-;9-,10+,11?;/m..01110./s1. The minimum Gasteiger partial charge on any atom is -0.376 e. The second-order valence-corrected chi connectivity index (χ2v) is 36.5. The Morgan fingerprint density at radius 3 is 0.743 bits per heavy atom. The zero-order chi connectivity index (χ0) is 101. The minimum atomic E-state index is -0.514. The fourth-order valence-electron chi connectivity index (χ4n) is 21.9. The summed E-state index contributed by atoms with van der Waals surface area (Å²) in [4.78, 5) is 0. The van der Waals surface area contributed by atoms with Crippen LogP contribution >= 0.6 is 0 Å². The van der Waals surface area contributed by atoms with Gasteiger partial charge in [-0.3, -0.25) is 0 Å². The molecule has 136 heavy (non-hydrogen) atoms. The Morgan fingerprint density at radius 1 is 0.235 bits per heavy atom. The van der Waals surface area contributed by atoms with Crippen LogP contribution in [0.1, 0.15) is 378 Å². The summed E-state index contributed by atoms with van der Waals surface area (Å²) in [5.41, 5.74) is 5.22. The van der Waals surface area contributed by atoms with E-state index in [1.54, 1.807) is 56.9 Å². The van der Waals surface area contributed by atoms with E-state index in [1.165, 1.54) is 108 Å². The van der Waals surface area contributed by atoms with Crippen LogP contribution in [0.2, 0.25) is 0 Å². The molecule has 5 saturated heterocycles.